The van der Waals surface area contributed by atoms with E-state index in [1.54, 1.807) is 20.8 Å². The van der Waals surface area contributed by atoms with E-state index in [2.05, 4.69) is 20.7 Å². The van der Waals surface area contributed by atoms with Gasteiger partial charge in [-0.1, -0.05) is 35.1 Å². The van der Waals surface area contributed by atoms with Gasteiger partial charge in [-0.3, -0.25) is 0 Å². The number of nitrogens with one attached hydrogen (secondary N) is 1. The van der Waals surface area contributed by atoms with Crippen LogP contribution >= 0.6 is 0 Å². The molecule has 0 spiro atoms. The molecule has 1 amide bonds. The summed E-state index contributed by atoms with van der Waals surface area (Å²) in [6, 6.07) is 8.48. The minimum atomic E-state index is -2.93. The first kappa shape index (κ1) is 19.7. The van der Waals surface area contributed by atoms with Crippen LogP contribution in [0.2, 0.25) is 0 Å². The van der Waals surface area contributed by atoms with Gasteiger partial charge in [0.15, 0.2) is 5.82 Å². The third-order valence-corrected chi connectivity index (χ3v) is 3.02. The number of tetrazole rings is 1. The largest absolute Gasteiger partial charge is 0.444 e. The molecule has 0 unspecified atom stereocenters. The number of nitrogens with zero attached hydrogens (tertiary/aromatic N) is 4. The number of hydrogen-bond donors (Lipinski definition) is 1. The number of benzene rings is 1. The van der Waals surface area contributed by atoms with E-state index in [1.165, 1.54) is 0 Å². The van der Waals surface area contributed by atoms with Crippen LogP contribution in [0.1, 0.15) is 44.8 Å². The second kappa shape index (κ2) is 8.65. The first-order chi connectivity index (χ1) is 12.2. The maximum Gasteiger partial charge on any atom is 0.408 e. The monoisotopic (exact) mass is 369 g/mol. The molecule has 8 nitrogen and oxygen atoms in total. The van der Waals surface area contributed by atoms with Gasteiger partial charge in [0.25, 0.3) is 0 Å². The molecule has 2 aromatic rings. The number of halogens is 2. The molecule has 2 rings (SSSR count). The zero-order valence-corrected chi connectivity index (χ0v) is 14.7. The molecule has 1 aromatic carbocycles. The molecule has 0 aliphatic heterocycles. The van der Waals surface area contributed by atoms with Crippen LogP contribution in [0.5, 0.6) is 0 Å². The van der Waals surface area contributed by atoms with Gasteiger partial charge in [0.2, 0.25) is 0 Å². The first-order valence-electron chi connectivity index (χ1n) is 7.93. The second-order valence-corrected chi connectivity index (χ2v) is 6.45. The van der Waals surface area contributed by atoms with Crippen molar-refractivity contribution in [2.75, 3.05) is 6.61 Å². The van der Waals surface area contributed by atoms with Crippen LogP contribution in [0.15, 0.2) is 30.3 Å². The lowest BCUT2D eigenvalue weighted by Gasteiger charge is -2.22. The van der Waals surface area contributed by atoms with Crippen LogP contribution in [0.3, 0.4) is 0 Å². The Morgan fingerprint density at radius 2 is 1.96 bits per heavy atom. The van der Waals surface area contributed by atoms with Crippen LogP contribution in [0, 0.1) is 0 Å². The highest BCUT2D eigenvalue weighted by atomic mass is 19.3. The Morgan fingerprint density at radius 1 is 1.27 bits per heavy atom. The van der Waals surface area contributed by atoms with E-state index in [-0.39, 0.29) is 23.8 Å². The Kier molecular flexibility index (Phi) is 6.56. The normalized spacial score (nSPS) is 12.8. The molecule has 1 aromatic heterocycles. The molecular weight excluding hydrogens is 348 g/mol. The molecule has 0 saturated carbocycles. The minimum Gasteiger partial charge on any atom is -0.444 e. The molecule has 0 fully saturated rings. The van der Waals surface area contributed by atoms with Crippen molar-refractivity contribution in [2.45, 2.75) is 45.6 Å². The molecule has 10 heteroatoms. The molecule has 0 bridgehead atoms. The summed E-state index contributed by atoms with van der Waals surface area (Å²) in [7, 11) is 0. The Bertz CT molecular complexity index is 703. The van der Waals surface area contributed by atoms with Gasteiger partial charge in [-0.05, 0) is 31.5 Å². The third-order valence-electron chi connectivity index (χ3n) is 3.02. The summed E-state index contributed by atoms with van der Waals surface area (Å²) < 4.78 is 36.0. The molecule has 142 valence electrons. The van der Waals surface area contributed by atoms with Crippen molar-refractivity contribution < 1.29 is 23.0 Å². The average Bonchev–Trinajstić information content (AvgIpc) is 3.03. The van der Waals surface area contributed by atoms with Crippen molar-refractivity contribution in [3.63, 3.8) is 0 Å². The predicted molar refractivity (Wildman–Crippen MR) is 87.3 cm³/mol. The molecular formula is C16H21F2N5O3. The summed E-state index contributed by atoms with van der Waals surface area (Å²) in [5, 5.41) is 12.9. The maximum absolute atomic E-state index is 12.7. The van der Waals surface area contributed by atoms with Gasteiger partial charge in [-0.15, -0.1) is 10.2 Å². The first-order valence-corrected chi connectivity index (χ1v) is 7.93. The fourth-order valence-corrected chi connectivity index (χ4v) is 1.96. The summed E-state index contributed by atoms with van der Waals surface area (Å²) >= 11 is 0. The van der Waals surface area contributed by atoms with Crippen molar-refractivity contribution in [1.29, 1.82) is 0 Å². The zero-order valence-electron chi connectivity index (χ0n) is 14.7. The smallest absolute Gasteiger partial charge is 0.408 e. The summed E-state index contributed by atoms with van der Waals surface area (Å²) in [6.45, 7) is 2.43. The fraction of sp³-hybridized carbons (Fsp3) is 0.500. The number of rotatable bonds is 7. The van der Waals surface area contributed by atoms with Crippen molar-refractivity contribution in [3.8, 4) is 0 Å². The van der Waals surface area contributed by atoms with Gasteiger partial charge in [0.05, 0.1) is 13.2 Å². The third kappa shape index (κ3) is 6.36. The number of carbonyl (C=O) groups excluding carboxylic acids is 1. The van der Waals surface area contributed by atoms with E-state index in [1.807, 2.05) is 30.3 Å². The van der Waals surface area contributed by atoms with E-state index >= 15 is 0 Å². The number of hydrogen-bond acceptors (Lipinski definition) is 6. The standard InChI is InChI=1S/C16H21F2N5O3/c1-16(2,3)26-15(24)19-12(13-20-22-23(21-13)14(17)18)10-25-9-11-7-5-4-6-8-11/h4-8,12,14H,9-10H2,1-3H3,(H,19,24)/t12-/m0/s1. The molecule has 0 radical (unpaired) electrons. The summed E-state index contributed by atoms with van der Waals surface area (Å²) in [5.74, 6) is -0.0933. The van der Waals surface area contributed by atoms with Gasteiger partial charge < -0.3 is 14.8 Å². The average molecular weight is 369 g/mol. The van der Waals surface area contributed by atoms with Crippen molar-refractivity contribution in [1.82, 2.24) is 25.5 Å². The van der Waals surface area contributed by atoms with E-state index in [9.17, 15) is 13.6 Å². The van der Waals surface area contributed by atoms with E-state index < -0.39 is 24.3 Å². The highest BCUT2D eigenvalue weighted by Crippen LogP contribution is 2.14. The van der Waals surface area contributed by atoms with Gasteiger partial charge in [-0.25, -0.2) is 4.79 Å². The molecule has 1 heterocycles. The van der Waals surface area contributed by atoms with E-state index in [0.29, 0.717) is 0 Å². The Hall–Kier alpha value is -2.62. The van der Waals surface area contributed by atoms with Crippen molar-refractivity contribution in [3.05, 3.63) is 41.7 Å². The lowest BCUT2D eigenvalue weighted by Crippen LogP contribution is -2.37. The summed E-state index contributed by atoms with van der Waals surface area (Å²) in [6.07, 6.45) is -0.737. The van der Waals surface area contributed by atoms with Crippen LogP contribution in [0.4, 0.5) is 13.6 Å². The Morgan fingerprint density at radius 3 is 2.54 bits per heavy atom. The number of aromatic nitrogens is 4. The number of carbonyl (C=O) groups is 1. The van der Waals surface area contributed by atoms with Crippen LogP contribution in [-0.4, -0.2) is 38.5 Å². The summed E-state index contributed by atoms with van der Waals surface area (Å²) in [5.41, 5.74) is 0.209. The van der Waals surface area contributed by atoms with Crippen molar-refractivity contribution >= 4 is 6.09 Å². The maximum atomic E-state index is 12.7. The molecule has 26 heavy (non-hydrogen) atoms. The van der Waals surface area contributed by atoms with Gasteiger partial charge >= 0.3 is 12.6 Å². The van der Waals surface area contributed by atoms with E-state index in [0.717, 1.165) is 5.56 Å². The predicted octanol–water partition coefficient (Wildman–Crippen LogP) is 2.85. The molecule has 0 saturated heterocycles. The zero-order chi connectivity index (χ0) is 19.2. The van der Waals surface area contributed by atoms with E-state index in [4.69, 9.17) is 9.47 Å². The van der Waals surface area contributed by atoms with Crippen molar-refractivity contribution in [2.24, 2.45) is 0 Å². The minimum absolute atomic E-state index is 0.0386. The topological polar surface area (TPSA) is 91.2 Å². The second-order valence-electron chi connectivity index (χ2n) is 6.45. The number of alkyl halides is 2. The molecule has 0 aliphatic rings. The Balaban J connectivity index is 2.03. The number of amides is 1. The molecule has 1 N–H and O–H groups in total. The quantitative estimate of drug-likeness (QED) is 0.807. The van der Waals surface area contributed by atoms with Crippen LogP contribution < -0.4 is 5.32 Å². The molecule has 0 aliphatic carbocycles. The number of alkyl carbamates (subject to hydrolysis) is 1. The highest BCUT2D eigenvalue weighted by molar-refractivity contribution is 5.68. The highest BCUT2D eigenvalue weighted by Gasteiger charge is 2.25. The van der Waals surface area contributed by atoms with Gasteiger partial charge in [0, 0.05) is 0 Å². The SMILES string of the molecule is CC(C)(C)OC(=O)N[C@@H](COCc1ccccc1)c1nnn(C(F)F)n1. The summed E-state index contributed by atoms with van der Waals surface area (Å²) in [4.78, 5) is 12.2. The van der Waals surface area contributed by atoms with Crippen LogP contribution in [0.25, 0.3) is 0 Å². The lowest BCUT2D eigenvalue weighted by molar-refractivity contribution is 0.0374. The Labute approximate surface area is 149 Å². The van der Waals surface area contributed by atoms with Gasteiger partial charge in [0.1, 0.15) is 11.6 Å². The number of ether oxygens (including phenoxy) is 2. The van der Waals surface area contributed by atoms with Gasteiger partial charge in [-0.2, -0.15) is 8.78 Å². The lowest BCUT2D eigenvalue weighted by atomic mass is 10.2. The molecule has 1 atom stereocenters. The van der Waals surface area contributed by atoms with Crippen LogP contribution in [-0.2, 0) is 16.1 Å². The fourth-order valence-electron chi connectivity index (χ4n) is 1.96.